The number of carbonyl (C=O) groups is 3. The van der Waals surface area contributed by atoms with Crippen LogP contribution in [0.2, 0.25) is 0 Å². The first-order valence-corrected chi connectivity index (χ1v) is 20.1. The fourth-order valence-corrected chi connectivity index (χ4v) is 11.0. The van der Waals surface area contributed by atoms with Crippen LogP contribution in [0.25, 0.3) is 0 Å². The summed E-state index contributed by atoms with van der Waals surface area (Å²) >= 11 is 16.5. The zero-order valence-corrected chi connectivity index (χ0v) is 35.0. The minimum absolute atomic E-state index is 0.108. The number of thiocarbonyl (C=S) groups is 3. The third-order valence-electron chi connectivity index (χ3n) is 11.2. The summed E-state index contributed by atoms with van der Waals surface area (Å²) in [5, 5.41) is 2.13. The van der Waals surface area contributed by atoms with Gasteiger partial charge in [-0.15, -0.1) is 0 Å². The summed E-state index contributed by atoms with van der Waals surface area (Å²) in [4.78, 5) is 49.6. The zero-order chi connectivity index (χ0) is 37.7. The van der Waals surface area contributed by atoms with Crippen LogP contribution in [-0.2, 0) is 19.1 Å². The monoisotopic (exact) mass is 750 g/mol. The first kappa shape index (κ1) is 40.8. The van der Waals surface area contributed by atoms with E-state index in [1.807, 2.05) is 46.4 Å². The van der Waals surface area contributed by atoms with Gasteiger partial charge in [-0.25, -0.2) is 0 Å². The van der Waals surface area contributed by atoms with Gasteiger partial charge in [-0.3, -0.25) is 29.1 Å². The lowest BCUT2D eigenvalue weighted by atomic mass is 9.75. The van der Waals surface area contributed by atoms with Crippen molar-refractivity contribution in [2.24, 2.45) is 0 Å². The SMILES string of the molecule is CC(C)N1C(=O)C2(CCC2)N(C(C)C)C1=S.CC(C)N1C(=O)C2(CCCC2)N(C(C)C)C1=S.CC(C)N1C(=O)C2(CCOC2)N(C(C)C)C1=S. The van der Waals surface area contributed by atoms with Gasteiger partial charge in [0.05, 0.1) is 6.61 Å². The summed E-state index contributed by atoms with van der Waals surface area (Å²) in [7, 11) is 0. The Kier molecular flexibility index (Phi) is 12.4. The Hall–Kier alpha value is -1.96. The maximum Gasteiger partial charge on any atom is 0.257 e. The van der Waals surface area contributed by atoms with Crippen molar-refractivity contribution in [3.05, 3.63) is 0 Å². The van der Waals surface area contributed by atoms with Crippen LogP contribution in [0, 0.1) is 0 Å². The van der Waals surface area contributed by atoms with Crippen LogP contribution >= 0.6 is 36.7 Å². The van der Waals surface area contributed by atoms with E-state index in [0.717, 1.165) is 61.6 Å². The maximum atomic E-state index is 12.7. The lowest BCUT2D eigenvalue weighted by molar-refractivity contribution is -0.139. The van der Waals surface area contributed by atoms with E-state index in [1.54, 1.807) is 9.80 Å². The van der Waals surface area contributed by atoms with Crippen molar-refractivity contribution in [2.75, 3.05) is 13.2 Å². The molecule has 2 saturated carbocycles. The number of carbonyl (C=O) groups excluding carboxylic acids is 3. The molecule has 0 aromatic carbocycles. The smallest absolute Gasteiger partial charge is 0.257 e. The molecule has 3 spiro atoms. The van der Waals surface area contributed by atoms with Gasteiger partial charge in [-0.05, 0) is 152 Å². The summed E-state index contributed by atoms with van der Waals surface area (Å²) in [6.45, 7) is 25.9. The molecule has 0 aromatic rings. The van der Waals surface area contributed by atoms with Gasteiger partial charge in [0.15, 0.2) is 15.3 Å². The summed E-state index contributed by atoms with van der Waals surface area (Å²) in [5.41, 5.74) is -1.12. The molecule has 1 atom stereocenters. The minimum atomic E-state index is -0.532. The van der Waals surface area contributed by atoms with E-state index in [1.165, 1.54) is 0 Å². The van der Waals surface area contributed by atoms with E-state index in [0.29, 0.717) is 30.4 Å². The van der Waals surface area contributed by atoms with Crippen molar-refractivity contribution in [3.8, 4) is 0 Å². The lowest BCUT2D eigenvalue weighted by Gasteiger charge is -2.45. The largest absolute Gasteiger partial charge is 0.378 e. The molecule has 6 rings (SSSR count). The van der Waals surface area contributed by atoms with Crippen molar-refractivity contribution in [2.45, 2.75) is 187 Å². The molecule has 2 aliphatic carbocycles. The third kappa shape index (κ3) is 6.48. The fraction of sp³-hybridized carbons (Fsp3) is 0.838. The van der Waals surface area contributed by atoms with Crippen molar-refractivity contribution < 1.29 is 19.1 Å². The number of ether oxygens (including phenoxy) is 1. The zero-order valence-electron chi connectivity index (χ0n) is 32.6. The highest BCUT2D eigenvalue weighted by Crippen LogP contribution is 2.46. The van der Waals surface area contributed by atoms with Crippen LogP contribution in [0.4, 0.5) is 0 Å². The van der Waals surface area contributed by atoms with Crippen LogP contribution in [0.15, 0.2) is 0 Å². The summed E-state index contributed by atoms with van der Waals surface area (Å²) in [6.07, 6.45) is 8.03. The average Bonchev–Trinajstić information content (AvgIpc) is 3.76. The average molecular weight is 751 g/mol. The molecule has 0 radical (unpaired) electrons. The Balaban J connectivity index is 0.000000169. The van der Waals surface area contributed by atoms with Crippen molar-refractivity contribution in [1.29, 1.82) is 0 Å². The third-order valence-corrected chi connectivity index (χ3v) is 12.4. The molecule has 6 fully saturated rings. The first-order valence-electron chi connectivity index (χ1n) is 18.8. The Bertz CT molecular complexity index is 1280. The Morgan fingerprint density at radius 3 is 1.00 bits per heavy atom. The number of nitrogens with zero attached hydrogens (tertiary/aromatic N) is 6. The second kappa shape index (κ2) is 15.2. The van der Waals surface area contributed by atoms with Crippen molar-refractivity contribution in [3.63, 3.8) is 0 Å². The molecule has 4 heterocycles. The molecule has 0 N–H and O–H groups in total. The molecular weight excluding hydrogens is 689 g/mol. The molecule has 13 heteroatoms. The fourth-order valence-electron chi connectivity index (χ4n) is 8.95. The summed E-state index contributed by atoms with van der Waals surface area (Å²) in [5.74, 6) is 0.583. The van der Waals surface area contributed by atoms with Gasteiger partial charge >= 0.3 is 0 Å². The molecule has 282 valence electrons. The maximum absolute atomic E-state index is 12.7. The highest BCUT2D eigenvalue weighted by molar-refractivity contribution is 7.80. The van der Waals surface area contributed by atoms with Crippen LogP contribution in [0.1, 0.15) is 134 Å². The molecule has 6 aliphatic rings. The second-order valence-electron chi connectivity index (χ2n) is 16.5. The normalized spacial score (nSPS) is 25.8. The van der Waals surface area contributed by atoms with E-state index >= 15 is 0 Å². The number of rotatable bonds is 6. The number of hydrogen-bond acceptors (Lipinski definition) is 7. The Morgan fingerprint density at radius 1 is 0.460 bits per heavy atom. The molecule has 50 heavy (non-hydrogen) atoms. The summed E-state index contributed by atoms with van der Waals surface area (Å²) < 4.78 is 5.46. The van der Waals surface area contributed by atoms with Crippen LogP contribution in [0.3, 0.4) is 0 Å². The lowest BCUT2D eigenvalue weighted by Crippen LogP contribution is -2.57. The van der Waals surface area contributed by atoms with Gasteiger partial charge in [0, 0.05) is 49.3 Å². The standard InChI is InChI=1S/C13H22N2OS.C12H20N2O2S.C12H20N2OS/c1-9(2)14-11(16)13(7-5-6-8-13)15(10(3)4)12(14)17;1-8(2)13-10(15)12(5-6-16-7-12)14(9(3)4)11(13)17;1-8(2)13-10(15)12(6-5-7-12)14(9(3)4)11(13)16/h9-10H,5-8H2,1-4H3;8-9H,5-7H2,1-4H3;8-9H,5-7H2,1-4H3. The number of hydrogen-bond donors (Lipinski definition) is 0. The van der Waals surface area contributed by atoms with E-state index in [2.05, 4.69) is 56.2 Å². The van der Waals surface area contributed by atoms with Crippen molar-refractivity contribution in [1.82, 2.24) is 29.4 Å². The van der Waals surface area contributed by atoms with Gasteiger partial charge in [0.1, 0.15) is 16.6 Å². The van der Waals surface area contributed by atoms with Crippen LogP contribution in [0.5, 0.6) is 0 Å². The van der Waals surface area contributed by atoms with E-state index in [4.69, 9.17) is 41.4 Å². The van der Waals surface area contributed by atoms with E-state index < -0.39 is 5.54 Å². The van der Waals surface area contributed by atoms with Crippen LogP contribution in [-0.4, -0.2) is 129 Å². The molecular formula is C37H62N6O4S3. The highest BCUT2D eigenvalue weighted by Gasteiger charge is 2.61. The second-order valence-corrected chi connectivity index (χ2v) is 17.6. The Morgan fingerprint density at radius 2 is 0.760 bits per heavy atom. The topological polar surface area (TPSA) is 79.9 Å². The van der Waals surface area contributed by atoms with Crippen LogP contribution < -0.4 is 0 Å². The first-order chi connectivity index (χ1) is 23.2. The van der Waals surface area contributed by atoms with Gasteiger partial charge in [0.25, 0.3) is 17.7 Å². The van der Waals surface area contributed by atoms with Gasteiger partial charge in [0.2, 0.25) is 0 Å². The van der Waals surface area contributed by atoms with Gasteiger partial charge in [-0.1, -0.05) is 12.8 Å². The summed E-state index contributed by atoms with van der Waals surface area (Å²) in [6, 6.07) is 1.26. The highest BCUT2D eigenvalue weighted by atomic mass is 32.1. The minimum Gasteiger partial charge on any atom is -0.378 e. The molecule has 0 aromatic heterocycles. The number of amides is 3. The van der Waals surface area contributed by atoms with Gasteiger partial charge in [-0.2, -0.15) is 0 Å². The quantitative estimate of drug-likeness (QED) is 0.298. The van der Waals surface area contributed by atoms with E-state index in [9.17, 15) is 14.4 Å². The molecule has 4 aliphatic heterocycles. The molecule has 0 bridgehead atoms. The predicted molar refractivity (Wildman–Crippen MR) is 211 cm³/mol. The molecule has 10 nitrogen and oxygen atoms in total. The predicted octanol–water partition coefficient (Wildman–Crippen LogP) is 6.09. The van der Waals surface area contributed by atoms with Gasteiger partial charge < -0.3 is 19.4 Å². The van der Waals surface area contributed by atoms with Crippen molar-refractivity contribution >= 4 is 69.7 Å². The Labute approximate surface area is 317 Å². The molecule has 4 saturated heterocycles. The van der Waals surface area contributed by atoms with E-state index in [-0.39, 0.29) is 53.0 Å². The molecule has 1 unspecified atom stereocenters. The molecule has 3 amide bonds.